The van der Waals surface area contributed by atoms with Crippen molar-refractivity contribution in [3.63, 3.8) is 0 Å². The molecule has 2 aliphatic heterocycles. The number of hydrogen-bond acceptors (Lipinski definition) is 6. The number of anilines is 2. The van der Waals surface area contributed by atoms with Crippen molar-refractivity contribution in [3.8, 4) is 0 Å². The number of benzene rings is 2. The minimum Gasteiger partial charge on any atom is -0.480 e. The molecule has 3 N–H and O–H groups in total. The van der Waals surface area contributed by atoms with Crippen molar-refractivity contribution in [2.24, 2.45) is 0 Å². The molecule has 1 amide bonds. The monoisotopic (exact) mass is 565 g/mol. The van der Waals surface area contributed by atoms with Gasteiger partial charge in [-0.15, -0.1) is 0 Å². The van der Waals surface area contributed by atoms with Gasteiger partial charge in [0.2, 0.25) is 0 Å². The summed E-state index contributed by atoms with van der Waals surface area (Å²) in [6.07, 6.45) is 0.0830. The molecule has 1 aliphatic carbocycles. The van der Waals surface area contributed by atoms with E-state index in [0.29, 0.717) is 40.6 Å². The minimum atomic E-state index is -5.08. The normalized spacial score (nSPS) is 18.9. The third-order valence-electron chi connectivity index (χ3n) is 6.56. The number of fused-ring (bicyclic) bond motifs is 1. The third kappa shape index (κ3) is 6.07. The summed E-state index contributed by atoms with van der Waals surface area (Å²) in [4.78, 5) is 50.3. The number of nitrogens with zero attached hydrogens (tertiary/aromatic N) is 2. The Kier molecular flexibility index (Phi) is 7.98. The summed E-state index contributed by atoms with van der Waals surface area (Å²) >= 11 is 6.16. The first-order chi connectivity index (χ1) is 18.4. The quantitative estimate of drug-likeness (QED) is 0.493. The molecular formula is C26H23ClF3N3O6. The van der Waals surface area contributed by atoms with Crippen LogP contribution in [0.4, 0.5) is 24.5 Å². The molecule has 0 saturated carbocycles. The fraction of sp³-hybridized carbons (Fsp3) is 0.308. The molecule has 1 fully saturated rings. The first kappa shape index (κ1) is 28.1. The number of carbonyl (C=O) groups excluding carboxylic acids is 2. The summed E-state index contributed by atoms with van der Waals surface area (Å²) in [6, 6.07) is 10.1. The molecule has 2 heterocycles. The Hall–Kier alpha value is -3.90. The fourth-order valence-electron chi connectivity index (χ4n) is 4.80. The largest absolute Gasteiger partial charge is 0.490 e. The molecule has 1 atom stereocenters. The fourth-order valence-corrected chi connectivity index (χ4v) is 4.98. The Morgan fingerprint density at radius 2 is 1.72 bits per heavy atom. The van der Waals surface area contributed by atoms with Gasteiger partial charge in [0.25, 0.3) is 5.91 Å². The van der Waals surface area contributed by atoms with Gasteiger partial charge in [0, 0.05) is 41.1 Å². The Bertz CT molecular complexity index is 1350. The average molecular weight is 566 g/mol. The number of piperidine rings is 1. The number of alkyl halides is 3. The number of hydrogen-bond donors (Lipinski definition) is 3. The topological polar surface area (TPSA) is 127 Å². The van der Waals surface area contributed by atoms with Crippen molar-refractivity contribution < 1.29 is 42.6 Å². The van der Waals surface area contributed by atoms with E-state index in [-0.39, 0.29) is 24.3 Å². The van der Waals surface area contributed by atoms with Crippen molar-refractivity contribution >= 4 is 52.7 Å². The van der Waals surface area contributed by atoms with Crippen LogP contribution < -0.4 is 10.2 Å². The maximum Gasteiger partial charge on any atom is 0.490 e. The maximum absolute atomic E-state index is 13.7. The Balaban J connectivity index is 0.000000448. The van der Waals surface area contributed by atoms with Crippen LogP contribution in [0.15, 0.2) is 42.5 Å². The number of amides is 1. The molecule has 0 aromatic heterocycles. The highest BCUT2D eigenvalue weighted by atomic mass is 35.5. The Labute approximate surface area is 225 Å². The molecule has 5 rings (SSSR count). The second kappa shape index (κ2) is 11.1. The SMILES string of the molecule is O=C(O)C(F)(F)F.O=C(O)CN1CCC(Nc2ccc3c4c2C(=O)N(c2cccc(Cl)c2)C(C=C3)C4=O)CC1. The molecule has 39 heavy (non-hydrogen) atoms. The highest BCUT2D eigenvalue weighted by molar-refractivity contribution is 6.31. The number of rotatable bonds is 5. The minimum absolute atomic E-state index is 0.0339. The summed E-state index contributed by atoms with van der Waals surface area (Å²) in [7, 11) is 0. The van der Waals surface area contributed by atoms with Gasteiger partial charge in [0.1, 0.15) is 6.04 Å². The number of carbonyl (C=O) groups is 4. The number of Topliss-reactive ketones (excluding diaryl/α,β-unsaturated/α-hetero) is 1. The van der Waals surface area contributed by atoms with Crippen LogP contribution in [-0.4, -0.2) is 76.6 Å². The summed E-state index contributed by atoms with van der Waals surface area (Å²) < 4.78 is 31.7. The van der Waals surface area contributed by atoms with Gasteiger partial charge in [-0.1, -0.05) is 35.9 Å². The summed E-state index contributed by atoms with van der Waals surface area (Å²) in [5, 5.41) is 20.1. The molecule has 206 valence electrons. The predicted molar refractivity (Wildman–Crippen MR) is 136 cm³/mol. The highest BCUT2D eigenvalue weighted by Gasteiger charge is 2.43. The van der Waals surface area contributed by atoms with Crippen LogP contribution in [0.25, 0.3) is 6.08 Å². The van der Waals surface area contributed by atoms with Crippen LogP contribution in [0.2, 0.25) is 5.02 Å². The van der Waals surface area contributed by atoms with E-state index in [1.807, 2.05) is 23.1 Å². The van der Waals surface area contributed by atoms with E-state index in [4.69, 9.17) is 26.6 Å². The van der Waals surface area contributed by atoms with Gasteiger partial charge in [0.05, 0.1) is 12.1 Å². The molecule has 3 aliphatic rings. The molecule has 13 heteroatoms. The average Bonchev–Trinajstić information content (AvgIpc) is 2.85. The molecule has 0 spiro atoms. The van der Waals surface area contributed by atoms with Crippen molar-refractivity contribution in [1.29, 1.82) is 0 Å². The standard InChI is InChI=1S/C24H22ClN3O4.C2HF3O2/c25-15-2-1-3-17(12-15)28-19-7-5-14-4-6-18(22(24(28)32)21(14)23(19)31)26-16-8-10-27(11-9-16)13-20(29)30;3-2(4,5)1(6)7/h1-7,12,16,19,26H,8-11,13H2,(H,29,30);(H,6,7). The Morgan fingerprint density at radius 3 is 2.31 bits per heavy atom. The number of halogens is 4. The molecule has 2 bridgehead atoms. The number of carboxylic acid groups (broad SMARTS) is 2. The molecular weight excluding hydrogens is 543 g/mol. The van der Waals surface area contributed by atoms with Crippen LogP contribution >= 0.6 is 11.6 Å². The number of likely N-dealkylation sites (tertiary alicyclic amines) is 1. The van der Waals surface area contributed by atoms with E-state index >= 15 is 0 Å². The van der Waals surface area contributed by atoms with Gasteiger partial charge in [-0.3, -0.25) is 24.2 Å². The van der Waals surface area contributed by atoms with Gasteiger partial charge < -0.3 is 15.5 Å². The molecule has 0 radical (unpaired) electrons. The lowest BCUT2D eigenvalue weighted by Gasteiger charge is -2.38. The van der Waals surface area contributed by atoms with Crippen molar-refractivity contribution in [2.75, 3.05) is 29.9 Å². The number of aliphatic carboxylic acids is 2. The van der Waals surface area contributed by atoms with E-state index in [1.165, 1.54) is 4.90 Å². The van der Waals surface area contributed by atoms with Crippen molar-refractivity contribution in [1.82, 2.24) is 4.90 Å². The van der Waals surface area contributed by atoms with Gasteiger partial charge in [-0.25, -0.2) is 4.79 Å². The first-order valence-electron chi connectivity index (χ1n) is 11.9. The first-order valence-corrected chi connectivity index (χ1v) is 12.2. The molecule has 1 saturated heterocycles. The predicted octanol–water partition coefficient (Wildman–Crippen LogP) is 4.17. The third-order valence-corrected chi connectivity index (χ3v) is 6.79. The Morgan fingerprint density at radius 1 is 1.05 bits per heavy atom. The number of ketones is 1. The summed E-state index contributed by atoms with van der Waals surface area (Å²) in [5.41, 5.74) is 2.83. The highest BCUT2D eigenvalue weighted by Crippen LogP contribution is 2.39. The van der Waals surface area contributed by atoms with Crippen LogP contribution in [-0.2, 0) is 9.59 Å². The summed E-state index contributed by atoms with van der Waals surface area (Å²) in [5.74, 6) is -3.92. The number of carboxylic acids is 2. The second-order valence-electron chi connectivity index (χ2n) is 9.17. The smallest absolute Gasteiger partial charge is 0.480 e. The van der Waals surface area contributed by atoms with Crippen LogP contribution in [0.3, 0.4) is 0 Å². The van der Waals surface area contributed by atoms with E-state index in [2.05, 4.69) is 5.32 Å². The lowest BCUT2D eigenvalue weighted by molar-refractivity contribution is -0.192. The van der Waals surface area contributed by atoms with E-state index < -0.39 is 24.2 Å². The molecule has 9 nitrogen and oxygen atoms in total. The zero-order valence-corrected chi connectivity index (χ0v) is 21.0. The van der Waals surface area contributed by atoms with Crippen molar-refractivity contribution in [2.45, 2.75) is 31.1 Å². The van der Waals surface area contributed by atoms with Gasteiger partial charge in [-0.2, -0.15) is 13.2 Å². The van der Waals surface area contributed by atoms with Gasteiger partial charge in [0.15, 0.2) is 5.78 Å². The van der Waals surface area contributed by atoms with E-state index in [9.17, 15) is 27.6 Å². The molecule has 2 aromatic rings. The zero-order chi connectivity index (χ0) is 28.5. The molecule has 2 aromatic carbocycles. The van der Waals surface area contributed by atoms with E-state index in [0.717, 1.165) is 18.4 Å². The number of nitrogens with one attached hydrogen (secondary N) is 1. The zero-order valence-electron chi connectivity index (χ0n) is 20.2. The second-order valence-corrected chi connectivity index (χ2v) is 9.60. The van der Waals surface area contributed by atoms with Gasteiger partial charge >= 0.3 is 18.1 Å². The van der Waals surface area contributed by atoms with E-state index in [1.54, 1.807) is 30.3 Å². The van der Waals surface area contributed by atoms with Crippen LogP contribution in [0.1, 0.15) is 39.1 Å². The summed E-state index contributed by atoms with van der Waals surface area (Å²) in [6.45, 7) is 1.36. The lowest BCUT2D eigenvalue weighted by Crippen LogP contribution is -2.51. The van der Waals surface area contributed by atoms with Crippen LogP contribution in [0.5, 0.6) is 0 Å². The van der Waals surface area contributed by atoms with Crippen LogP contribution in [0, 0.1) is 0 Å². The maximum atomic E-state index is 13.7. The van der Waals surface area contributed by atoms with Crippen molar-refractivity contribution in [3.05, 3.63) is 64.2 Å². The lowest BCUT2D eigenvalue weighted by atomic mass is 9.82. The molecule has 1 unspecified atom stereocenters. The van der Waals surface area contributed by atoms with Gasteiger partial charge in [-0.05, 0) is 42.7 Å².